The molecule has 0 spiro atoms. The fraction of sp³-hybridized carbons (Fsp3) is 0.267. The van der Waals surface area contributed by atoms with E-state index in [4.69, 9.17) is 0 Å². The topological polar surface area (TPSA) is 24.9 Å². The zero-order valence-corrected chi connectivity index (χ0v) is 12.2. The van der Waals surface area contributed by atoms with Gasteiger partial charge < -0.3 is 5.32 Å². The van der Waals surface area contributed by atoms with Gasteiger partial charge in [0.05, 0.1) is 11.7 Å². The van der Waals surface area contributed by atoms with Crippen molar-refractivity contribution >= 4 is 15.9 Å². The summed E-state index contributed by atoms with van der Waals surface area (Å²) >= 11 is 3.41. The molecule has 3 heteroatoms. The zero-order valence-electron chi connectivity index (χ0n) is 10.7. The van der Waals surface area contributed by atoms with E-state index in [0.29, 0.717) is 0 Å². The molecule has 0 bridgehead atoms. The third-order valence-corrected chi connectivity index (χ3v) is 3.61. The van der Waals surface area contributed by atoms with E-state index in [-0.39, 0.29) is 6.04 Å². The zero-order chi connectivity index (χ0) is 13.0. The number of halogens is 1. The molecule has 2 nitrogen and oxygen atoms in total. The first-order valence-electron chi connectivity index (χ1n) is 6.04. The van der Waals surface area contributed by atoms with Gasteiger partial charge in [0.1, 0.15) is 0 Å². The number of aromatic nitrogens is 1. The number of benzene rings is 1. The predicted octanol–water partition coefficient (Wildman–Crippen LogP) is 3.66. The van der Waals surface area contributed by atoms with Gasteiger partial charge in [0.25, 0.3) is 0 Å². The van der Waals surface area contributed by atoms with Gasteiger partial charge in [-0.05, 0) is 59.6 Å². The lowest BCUT2D eigenvalue weighted by molar-refractivity contribution is 0.574. The maximum Gasteiger partial charge on any atom is 0.0577 e. The average molecular weight is 305 g/mol. The Bertz CT molecular complexity index is 508. The highest BCUT2D eigenvalue weighted by molar-refractivity contribution is 9.10. The summed E-state index contributed by atoms with van der Waals surface area (Å²) < 4.78 is 1.01. The number of hydrogen-bond donors (Lipinski definition) is 1. The summed E-state index contributed by atoms with van der Waals surface area (Å²) in [5, 5.41) is 3.34. The minimum Gasteiger partial charge on any atom is -0.311 e. The summed E-state index contributed by atoms with van der Waals surface area (Å²) in [4.78, 5) is 4.47. The first-order chi connectivity index (χ1) is 8.70. The largest absolute Gasteiger partial charge is 0.311 e. The van der Waals surface area contributed by atoms with Crippen LogP contribution in [-0.4, -0.2) is 12.0 Å². The van der Waals surface area contributed by atoms with E-state index in [1.807, 2.05) is 19.3 Å². The Hall–Kier alpha value is -1.19. The van der Waals surface area contributed by atoms with Crippen LogP contribution in [0.4, 0.5) is 0 Å². The van der Waals surface area contributed by atoms with Crippen LogP contribution >= 0.6 is 15.9 Å². The summed E-state index contributed by atoms with van der Waals surface area (Å²) in [6.07, 6.45) is 2.80. The van der Waals surface area contributed by atoms with E-state index in [1.54, 1.807) is 0 Å². The second kappa shape index (κ2) is 6.12. The first kappa shape index (κ1) is 13.2. The number of nitrogens with one attached hydrogen (secondary N) is 1. The fourth-order valence-electron chi connectivity index (χ4n) is 2.01. The number of aryl methyl sites for hydroxylation is 1. The summed E-state index contributed by atoms with van der Waals surface area (Å²) in [5.74, 6) is 0. The van der Waals surface area contributed by atoms with E-state index in [0.717, 1.165) is 16.6 Å². The Kier molecular flexibility index (Phi) is 4.50. The molecule has 1 atom stereocenters. The number of rotatable bonds is 4. The van der Waals surface area contributed by atoms with Crippen LogP contribution in [0.25, 0.3) is 0 Å². The van der Waals surface area contributed by atoms with Crippen LogP contribution in [0.15, 0.2) is 47.1 Å². The molecule has 0 fully saturated rings. The molecule has 0 saturated carbocycles. The van der Waals surface area contributed by atoms with E-state index >= 15 is 0 Å². The Morgan fingerprint density at radius 1 is 1.22 bits per heavy atom. The molecule has 1 aromatic carbocycles. The minimum absolute atomic E-state index is 0.249. The summed E-state index contributed by atoms with van der Waals surface area (Å²) in [7, 11) is 1.98. The van der Waals surface area contributed by atoms with Crippen molar-refractivity contribution in [1.82, 2.24) is 10.3 Å². The summed E-state index contributed by atoms with van der Waals surface area (Å²) in [6.45, 7) is 2.15. The quantitative estimate of drug-likeness (QED) is 0.932. The lowest BCUT2D eigenvalue weighted by Crippen LogP contribution is -2.20. The molecule has 2 aromatic rings. The Labute approximate surface area is 117 Å². The van der Waals surface area contributed by atoms with Gasteiger partial charge in [0.2, 0.25) is 0 Å². The van der Waals surface area contributed by atoms with Gasteiger partial charge in [-0.25, -0.2) is 0 Å². The van der Waals surface area contributed by atoms with Crippen molar-refractivity contribution in [3.8, 4) is 0 Å². The van der Waals surface area contributed by atoms with Crippen LogP contribution in [0.3, 0.4) is 0 Å². The molecule has 0 radical (unpaired) electrons. The molecule has 1 heterocycles. The van der Waals surface area contributed by atoms with Crippen LogP contribution in [0.1, 0.15) is 22.9 Å². The highest BCUT2D eigenvalue weighted by atomic mass is 79.9. The van der Waals surface area contributed by atoms with Crippen molar-refractivity contribution in [2.45, 2.75) is 19.4 Å². The van der Waals surface area contributed by atoms with Gasteiger partial charge in [-0.2, -0.15) is 0 Å². The molecule has 1 aromatic heterocycles. The van der Waals surface area contributed by atoms with Crippen LogP contribution in [-0.2, 0) is 6.42 Å². The molecule has 0 amide bonds. The van der Waals surface area contributed by atoms with Crippen molar-refractivity contribution < 1.29 is 0 Å². The molecule has 0 aliphatic carbocycles. The lowest BCUT2D eigenvalue weighted by atomic mass is 9.99. The van der Waals surface area contributed by atoms with Gasteiger partial charge >= 0.3 is 0 Å². The predicted molar refractivity (Wildman–Crippen MR) is 78.6 cm³/mol. The van der Waals surface area contributed by atoms with Gasteiger partial charge in [-0.15, -0.1) is 0 Å². The fourth-order valence-corrected chi connectivity index (χ4v) is 2.24. The van der Waals surface area contributed by atoms with Crippen LogP contribution in [0.5, 0.6) is 0 Å². The Morgan fingerprint density at radius 3 is 2.61 bits per heavy atom. The third kappa shape index (κ3) is 3.18. The van der Waals surface area contributed by atoms with Gasteiger partial charge in [-0.1, -0.05) is 24.3 Å². The van der Waals surface area contributed by atoms with Crippen molar-refractivity contribution in [3.63, 3.8) is 0 Å². The van der Waals surface area contributed by atoms with Crippen molar-refractivity contribution in [3.05, 3.63) is 63.9 Å². The molecule has 0 saturated heterocycles. The summed E-state index contributed by atoms with van der Waals surface area (Å²) in [6, 6.07) is 12.8. The van der Waals surface area contributed by atoms with E-state index in [9.17, 15) is 0 Å². The molecular weight excluding hydrogens is 288 g/mol. The van der Waals surface area contributed by atoms with E-state index < -0.39 is 0 Å². The van der Waals surface area contributed by atoms with Crippen LogP contribution in [0, 0.1) is 6.92 Å². The maximum atomic E-state index is 4.47. The molecule has 0 aliphatic heterocycles. The lowest BCUT2D eigenvalue weighted by Gasteiger charge is -2.17. The SMILES string of the molecule is CNC(Cc1ccccc1C)c1ccc(Br)cn1. The maximum absolute atomic E-state index is 4.47. The monoisotopic (exact) mass is 304 g/mol. The van der Waals surface area contributed by atoms with Gasteiger partial charge in [0, 0.05) is 10.7 Å². The van der Waals surface area contributed by atoms with Gasteiger partial charge in [-0.3, -0.25) is 4.98 Å². The van der Waals surface area contributed by atoms with Crippen molar-refractivity contribution in [2.75, 3.05) is 7.05 Å². The highest BCUT2D eigenvalue weighted by Crippen LogP contribution is 2.19. The number of nitrogens with zero attached hydrogens (tertiary/aromatic N) is 1. The number of pyridine rings is 1. The number of hydrogen-bond acceptors (Lipinski definition) is 2. The van der Waals surface area contributed by atoms with E-state index in [2.05, 4.69) is 63.5 Å². The molecular formula is C15H17BrN2. The molecule has 2 rings (SSSR count). The standard InChI is InChI=1S/C15H17BrN2/c1-11-5-3-4-6-12(11)9-15(17-2)14-8-7-13(16)10-18-14/h3-8,10,15,17H,9H2,1-2H3. The molecule has 18 heavy (non-hydrogen) atoms. The highest BCUT2D eigenvalue weighted by Gasteiger charge is 2.12. The molecule has 0 aliphatic rings. The smallest absolute Gasteiger partial charge is 0.0577 e. The van der Waals surface area contributed by atoms with Crippen LogP contribution in [0.2, 0.25) is 0 Å². The van der Waals surface area contributed by atoms with Gasteiger partial charge in [0.15, 0.2) is 0 Å². The Morgan fingerprint density at radius 2 is 2.00 bits per heavy atom. The summed E-state index contributed by atoms with van der Waals surface area (Å²) in [5.41, 5.74) is 3.76. The molecule has 1 unspecified atom stereocenters. The average Bonchev–Trinajstić information content (AvgIpc) is 2.39. The van der Waals surface area contributed by atoms with E-state index in [1.165, 1.54) is 11.1 Å². The minimum atomic E-state index is 0.249. The first-order valence-corrected chi connectivity index (χ1v) is 6.83. The van der Waals surface area contributed by atoms with Crippen molar-refractivity contribution in [1.29, 1.82) is 0 Å². The molecule has 1 N–H and O–H groups in total. The van der Waals surface area contributed by atoms with Crippen LogP contribution < -0.4 is 5.32 Å². The normalized spacial score (nSPS) is 12.4. The van der Waals surface area contributed by atoms with Crippen molar-refractivity contribution in [2.24, 2.45) is 0 Å². The number of likely N-dealkylation sites (N-methyl/N-ethyl adjacent to an activating group) is 1. The second-order valence-corrected chi connectivity index (χ2v) is 5.29. The third-order valence-electron chi connectivity index (χ3n) is 3.14. The second-order valence-electron chi connectivity index (χ2n) is 4.37. The Balaban J connectivity index is 2.20. The molecule has 94 valence electrons.